The fourth-order valence-electron chi connectivity index (χ4n) is 1.66. The number of ether oxygens (including phenoxy) is 3. The minimum atomic E-state index is -0.812. The van der Waals surface area contributed by atoms with Gasteiger partial charge in [-0.1, -0.05) is 18.2 Å². The molecule has 0 spiro atoms. The van der Waals surface area contributed by atoms with Crippen molar-refractivity contribution in [3.05, 3.63) is 42.0 Å². The van der Waals surface area contributed by atoms with E-state index in [2.05, 4.69) is 0 Å². The Bertz CT molecular complexity index is 442. The lowest BCUT2D eigenvalue weighted by molar-refractivity contribution is -0.0210. The molecule has 0 radical (unpaired) electrons. The number of hydrogen-bond acceptors (Lipinski definition) is 4. The third-order valence-corrected chi connectivity index (χ3v) is 2.77. The molecule has 1 amide bonds. The number of carbonyl (C=O) groups is 1. The van der Waals surface area contributed by atoms with Crippen molar-refractivity contribution < 1.29 is 19.0 Å². The van der Waals surface area contributed by atoms with E-state index < -0.39 is 12.2 Å². The van der Waals surface area contributed by atoms with Crippen LogP contribution in [0, 0.1) is 0 Å². The second-order valence-corrected chi connectivity index (χ2v) is 4.29. The molecule has 1 aromatic rings. The van der Waals surface area contributed by atoms with Crippen LogP contribution in [0.4, 0.5) is 4.79 Å². The molecule has 2 N–H and O–H groups in total. The maximum absolute atomic E-state index is 10.8. The molecule has 0 bridgehead atoms. The average Bonchev–Trinajstić information content (AvgIpc) is 2.44. The van der Waals surface area contributed by atoms with Crippen molar-refractivity contribution >= 4 is 6.09 Å². The summed E-state index contributed by atoms with van der Waals surface area (Å²) in [4.78, 5) is 10.8. The van der Waals surface area contributed by atoms with E-state index in [9.17, 15) is 4.79 Å². The lowest BCUT2D eigenvalue weighted by Gasteiger charge is -2.21. The number of benzene rings is 1. The third kappa shape index (κ3) is 5.32. The van der Waals surface area contributed by atoms with Crippen molar-refractivity contribution in [1.29, 1.82) is 0 Å². The van der Waals surface area contributed by atoms with Gasteiger partial charge in [0.1, 0.15) is 11.9 Å². The fourth-order valence-corrected chi connectivity index (χ4v) is 1.66. The summed E-state index contributed by atoms with van der Waals surface area (Å²) in [6.07, 6.45) is 1.94. The van der Waals surface area contributed by atoms with E-state index >= 15 is 0 Å². The van der Waals surface area contributed by atoms with Gasteiger partial charge in [-0.3, -0.25) is 0 Å². The molecule has 5 heteroatoms. The predicted molar refractivity (Wildman–Crippen MR) is 76.5 cm³/mol. The van der Waals surface area contributed by atoms with Crippen molar-refractivity contribution in [2.75, 3.05) is 7.11 Å². The van der Waals surface area contributed by atoms with E-state index in [4.69, 9.17) is 19.9 Å². The Morgan fingerprint density at radius 2 is 2.00 bits per heavy atom. The number of rotatable bonds is 7. The van der Waals surface area contributed by atoms with E-state index in [-0.39, 0.29) is 6.10 Å². The molecule has 0 aliphatic heterocycles. The molecule has 0 saturated carbocycles. The summed E-state index contributed by atoms with van der Waals surface area (Å²) in [6.45, 7) is 4.09. The van der Waals surface area contributed by atoms with Crippen LogP contribution in [0.15, 0.2) is 36.4 Å². The van der Waals surface area contributed by atoms with Crippen LogP contribution < -0.4 is 10.5 Å². The highest BCUT2D eigenvalue weighted by molar-refractivity contribution is 5.65. The summed E-state index contributed by atoms with van der Waals surface area (Å²) in [5.74, 6) is 0.797. The maximum atomic E-state index is 10.8. The summed E-state index contributed by atoms with van der Waals surface area (Å²) in [7, 11) is 1.62. The van der Waals surface area contributed by atoms with Crippen molar-refractivity contribution in [1.82, 2.24) is 0 Å². The highest BCUT2D eigenvalue weighted by Crippen LogP contribution is 2.14. The van der Waals surface area contributed by atoms with Crippen LogP contribution in [-0.2, 0) is 16.1 Å². The first-order valence-corrected chi connectivity index (χ1v) is 6.40. The zero-order valence-electron chi connectivity index (χ0n) is 12.0. The number of nitrogens with two attached hydrogens (primary N) is 1. The van der Waals surface area contributed by atoms with Gasteiger partial charge in [0.2, 0.25) is 0 Å². The van der Waals surface area contributed by atoms with Gasteiger partial charge in [0.05, 0.1) is 19.8 Å². The minimum absolute atomic E-state index is 0.291. The highest BCUT2D eigenvalue weighted by atomic mass is 16.6. The normalized spacial score (nSPS) is 13.9. The quantitative estimate of drug-likeness (QED) is 0.779. The number of primary amides is 1. The van der Waals surface area contributed by atoms with Gasteiger partial charge >= 0.3 is 6.09 Å². The Balaban J connectivity index is 2.54. The molecule has 0 aliphatic rings. The first kappa shape index (κ1) is 16.0. The summed E-state index contributed by atoms with van der Waals surface area (Å²) < 4.78 is 15.8. The number of methoxy groups -OCH3 is 1. The Hall–Kier alpha value is -2.01. The Morgan fingerprint density at radius 3 is 2.50 bits per heavy atom. The van der Waals surface area contributed by atoms with Crippen LogP contribution in [0.25, 0.3) is 0 Å². The predicted octanol–water partition coefficient (Wildman–Crippen LogP) is 2.64. The standard InChI is InChI=1S/C15H21NO4/c1-4-5-14(20-15(16)17)11(2)19-10-12-6-8-13(18-3)9-7-12/h4-9,11,14H,10H2,1-3H3,(H2,16,17)/b5-4+/t11-,14-/m0/s1. The summed E-state index contributed by atoms with van der Waals surface area (Å²) >= 11 is 0. The fraction of sp³-hybridized carbons (Fsp3) is 0.400. The first-order chi connectivity index (χ1) is 9.56. The second-order valence-electron chi connectivity index (χ2n) is 4.29. The number of allylic oxidation sites excluding steroid dienone is 1. The van der Waals surface area contributed by atoms with Gasteiger partial charge in [-0.2, -0.15) is 0 Å². The molecule has 20 heavy (non-hydrogen) atoms. The molecule has 1 rings (SSSR count). The van der Waals surface area contributed by atoms with E-state index in [0.29, 0.717) is 6.61 Å². The molecule has 0 heterocycles. The molecule has 1 aromatic carbocycles. The lowest BCUT2D eigenvalue weighted by Crippen LogP contribution is -2.31. The van der Waals surface area contributed by atoms with Crippen molar-refractivity contribution in [3.63, 3.8) is 0 Å². The summed E-state index contributed by atoms with van der Waals surface area (Å²) in [5.41, 5.74) is 6.05. The van der Waals surface area contributed by atoms with Gasteiger partial charge in [-0.25, -0.2) is 4.79 Å². The molecular weight excluding hydrogens is 258 g/mol. The van der Waals surface area contributed by atoms with Crippen LogP contribution in [-0.4, -0.2) is 25.4 Å². The minimum Gasteiger partial charge on any atom is -0.497 e. The maximum Gasteiger partial charge on any atom is 0.405 e. The molecule has 110 valence electrons. The summed E-state index contributed by atoms with van der Waals surface area (Å²) in [5, 5.41) is 0. The van der Waals surface area contributed by atoms with Gasteiger partial charge in [0.15, 0.2) is 0 Å². The van der Waals surface area contributed by atoms with Gasteiger partial charge in [0.25, 0.3) is 0 Å². The van der Waals surface area contributed by atoms with Crippen LogP contribution in [0.3, 0.4) is 0 Å². The molecule has 2 atom stereocenters. The third-order valence-electron chi connectivity index (χ3n) is 2.77. The SMILES string of the molecule is C/C=C/[C@H](OC(N)=O)[C@H](C)OCc1ccc(OC)cc1. The van der Waals surface area contributed by atoms with E-state index in [1.807, 2.05) is 38.1 Å². The smallest absolute Gasteiger partial charge is 0.405 e. The second kappa shape index (κ2) is 8.22. The van der Waals surface area contributed by atoms with E-state index in [0.717, 1.165) is 11.3 Å². The monoisotopic (exact) mass is 279 g/mol. The average molecular weight is 279 g/mol. The molecule has 0 fully saturated rings. The Kier molecular flexibility index (Phi) is 6.59. The van der Waals surface area contributed by atoms with Gasteiger partial charge in [-0.15, -0.1) is 0 Å². The zero-order chi connectivity index (χ0) is 15.0. The van der Waals surface area contributed by atoms with Gasteiger partial charge in [0, 0.05) is 0 Å². The molecule has 0 unspecified atom stereocenters. The van der Waals surface area contributed by atoms with E-state index in [1.54, 1.807) is 19.3 Å². The summed E-state index contributed by atoms with van der Waals surface area (Å²) in [6, 6.07) is 7.58. The molecule has 0 aliphatic carbocycles. The molecule has 0 saturated heterocycles. The van der Waals surface area contributed by atoms with Crippen LogP contribution in [0.1, 0.15) is 19.4 Å². The van der Waals surface area contributed by atoms with Crippen molar-refractivity contribution in [2.45, 2.75) is 32.7 Å². The largest absolute Gasteiger partial charge is 0.497 e. The van der Waals surface area contributed by atoms with Crippen LogP contribution in [0.5, 0.6) is 5.75 Å². The Morgan fingerprint density at radius 1 is 1.35 bits per heavy atom. The first-order valence-electron chi connectivity index (χ1n) is 6.40. The van der Waals surface area contributed by atoms with Gasteiger partial charge < -0.3 is 19.9 Å². The zero-order valence-corrected chi connectivity index (χ0v) is 12.0. The topological polar surface area (TPSA) is 70.8 Å². The lowest BCUT2D eigenvalue weighted by atomic mass is 10.2. The van der Waals surface area contributed by atoms with Crippen molar-refractivity contribution in [3.8, 4) is 5.75 Å². The number of carbonyl (C=O) groups excluding carboxylic acids is 1. The highest BCUT2D eigenvalue weighted by Gasteiger charge is 2.18. The number of amides is 1. The molecular formula is C15H21NO4. The Labute approximate surface area is 119 Å². The number of hydrogen-bond donors (Lipinski definition) is 1. The van der Waals surface area contributed by atoms with Crippen LogP contribution >= 0.6 is 0 Å². The molecule has 5 nitrogen and oxygen atoms in total. The molecule has 0 aromatic heterocycles. The van der Waals surface area contributed by atoms with Crippen molar-refractivity contribution in [2.24, 2.45) is 5.73 Å². The van der Waals surface area contributed by atoms with Gasteiger partial charge in [-0.05, 0) is 37.6 Å². The van der Waals surface area contributed by atoms with Crippen LogP contribution in [0.2, 0.25) is 0 Å². The van der Waals surface area contributed by atoms with E-state index in [1.165, 1.54) is 0 Å².